The Kier molecular flexibility index (Phi) is 4.27. The molecule has 4 heteroatoms. The van der Waals surface area contributed by atoms with Gasteiger partial charge in [-0.1, -0.05) is 60.7 Å². The molecule has 1 fully saturated rings. The number of benzene rings is 2. The van der Waals surface area contributed by atoms with E-state index in [1.807, 2.05) is 60.7 Å². The molecule has 2 aromatic carbocycles. The summed E-state index contributed by atoms with van der Waals surface area (Å²) in [5, 5.41) is 0. The van der Waals surface area contributed by atoms with Crippen molar-refractivity contribution in [3.8, 4) is 0 Å². The zero-order chi connectivity index (χ0) is 15.5. The second-order valence-electron chi connectivity index (χ2n) is 5.24. The van der Waals surface area contributed by atoms with Gasteiger partial charge in [0.15, 0.2) is 0 Å². The lowest BCUT2D eigenvalue weighted by Gasteiger charge is -2.45. The van der Waals surface area contributed by atoms with Crippen LogP contribution in [0.3, 0.4) is 0 Å². The van der Waals surface area contributed by atoms with Crippen molar-refractivity contribution in [2.24, 2.45) is 0 Å². The Morgan fingerprint density at radius 1 is 0.727 bits per heavy atom. The summed E-state index contributed by atoms with van der Waals surface area (Å²) in [5.74, 6) is -1.81. The fourth-order valence-electron chi connectivity index (χ4n) is 2.64. The molecule has 1 heterocycles. The summed E-state index contributed by atoms with van der Waals surface area (Å²) >= 11 is 0. The predicted molar refractivity (Wildman–Crippen MR) is 82.3 cm³/mol. The molecule has 0 unspecified atom stereocenters. The van der Waals surface area contributed by atoms with E-state index in [2.05, 4.69) is 0 Å². The molecule has 116 valence electrons. The molecule has 4 nitrogen and oxygen atoms in total. The summed E-state index contributed by atoms with van der Waals surface area (Å²) in [7, 11) is 3.18. The number of ether oxygens (including phenoxy) is 4. The number of hydrogen-bond acceptors (Lipinski definition) is 4. The van der Waals surface area contributed by atoms with Gasteiger partial charge < -0.3 is 18.9 Å². The van der Waals surface area contributed by atoms with Crippen molar-refractivity contribution in [3.05, 3.63) is 71.8 Å². The van der Waals surface area contributed by atoms with Crippen LogP contribution in [0.2, 0.25) is 0 Å². The van der Waals surface area contributed by atoms with Crippen LogP contribution in [0.15, 0.2) is 60.7 Å². The van der Waals surface area contributed by atoms with Gasteiger partial charge in [0.2, 0.25) is 11.6 Å². The topological polar surface area (TPSA) is 36.9 Å². The standard InChI is InChI=1S/C18H20O4/c1-19-17(20-2)13-21-18(22-14-17,15-9-5-3-6-10-15)16-11-7-4-8-12-16/h3-12H,13-14H2,1-2H3. The monoisotopic (exact) mass is 300 g/mol. The van der Waals surface area contributed by atoms with E-state index in [1.165, 1.54) is 0 Å². The zero-order valence-corrected chi connectivity index (χ0v) is 12.8. The molecule has 1 saturated heterocycles. The Bertz CT molecular complexity index is 541. The van der Waals surface area contributed by atoms with Gasteiger partial charge >= 0.3 is 0 Å². The average molecular weight is 300 g/mol. The SMILES string of the molecule is COC1(OC)COC(c2ccccc2)(c2ccccc2)OC1. The van der Waals surface area contributed by atoms with Gasteiger partial charge in [-0.3, -0.25) is 0 Å². The van der Waals surface area contributed by atoms with E-state index in [4.69, 9.17) is 18.9 Å². The normalized spacial score (nSPS) is 19.7. The van der Waals surface area contributed by atoms with E-state index < -0.39 is 11.6 Å². The first kappa shape index (κ1) is 15.2. The van der Waals surface area contributed by atoms with Gasteiger partial charge in [0.25, 0.3) is 0 Å². The van der Waals surface area contributed by atoms with Crippen LogP contribution >= 0.6 is 0 Å². The molecule has 1 aliphatic rings. The van der Waals surface area contributed by atoms with E-state index in [0.717, 1.165) is 11.1 Å². The lowest BCUT2D eigenvalue weighted by Crippen LogP contribution is -2.54. The van der Waals surface area contributed by atoms with Crippen LogP contribution in [0.4, 0.5) is 0 Å². The maximum absolute atomic E-state index is 6.16. The fraction of sp³-hybridized carbons (Fsp3) is 0.333. The number of methoxy groups -OCH3 is 2. The summed E-state index contributed by atoms with van der Waals surface area (Å²) in [4.78, 5) is 0. The third kappa shape index (κ3) is 2.55. The molecule has 0 amide bonds. The average Bonchev–Trinajstić information content (AvgIpc) is 2.63. The van der Waals surface area contributed by atoms with Gasteiger partial charge in [-0.25, -0.2) is 0 Å². The second kappa shape index (κ2) is 6.18. The lowest BCUT2D eigenvalue weighted by atomic mass is 9.96. The maximum Gasteiger partial charge on any atom is 0.222 e. The Morgan fingerprint density at radius 3 is 1.50 bits per heavy atom. The smallest absolute Gasteiger partial charge is 0.222 e. The molecule has 0 aromatic heterocycles. The van der Waals surface area contributed by atoms with E-state index in [9.17, 15) is 0 Å². The molecule has 0 aliphatic carbocycles. The van der Waals surface area contributed by atoms with Crippen molar-refractivity contribution in [1.82, 2.24) is 0 Å². The van der Waals surface area contributed by atoms with Crippen molar-refractivity contribution in [2.75, 3.05) is 27.4 Å². The first-order chi connectivity index (χ1) is 10.7. The minimum absolute atomic E-state index is 0.282. The first-order valence-corrected chi connectivity index (χ1v) is 7.24. The van der Waals surface area contributed by atoms with Crippen molar-refractivity contribution in [1.29, 1.82) is 0 Å². The van der Waals surface area contributed by atoms with E-state index in [0.29, 0.717) is 0 Å². The number of rotatable bonds is 4. The lowest BCUT2D eigenvalue weighted by molar-refractivity contribution is -0.369. The number of hydrogen-bond donors (Lipinski definition) is 0. The van der Waals surface area contributed by atoms with Crippen LogP contribution in [-0.2, 0) is 24.7 Å². The van der Waals surface area contributed by atoms with Crippen LogP contribution in [0.5, 0.6) is 0 Å². The van der Waals surface area contributed by atoms with Crippen LogP contribution < -0.4 is 0 Å². The van der Waals surface area contributed by atoms with Crippen LogP contribution in [0, 0.1) is 0 Å². The van der Waals surface area contributed by atoms with Crippen molar-refractivity contribution >= 4 is 0 Å². The minimum atomic E-state index is -0.941. The highest BCUT2D eigenvalue weighted by Crippen LogP contribution is 2.40. The predicted octanol–water partition coefficient (Wildman–Crippen LogP) is 2.92. The summed E-state index contributed by atoms with van der Waals surface area (Å²) < 4.78 is 23.2. The largest absolute Gasteiger partial charge is 0.349 e. The van der Waals surface area contributed by atoms with Crippen molar-refractivity contribution in [3.63, 3.8) is 0 Å². The Balaban J connectivity index is 2.00. The summed E-state index contributed by atoms with van der Waals surface area (Å²) in [5.41, 5.74) is 1.89. The Morgan fingerprint density at radius 2 is 1.14 bits per heavy atom. The molecular weight excluding hydrogens is 280 g/mol. The summed E-state index contributed by atoms with van der Waals surface area (Å²) in [6.07, 6.45) is 0. The molecule has 0 saturated carbocycles. The van der Waals surface area contributed by atoms with Crippen LogP contribution in [-0.4, -0.2) is 33.2 Å². The highest BCUT2D eigenvalue weighted by Gasteiger charge is 2.47. The van der Waals surface area contributed by atoms with Crippen LogP contribution in [0.1, 0.15) is 11.1 Å². The highest BCUT2D eigenvalue weighted by atomic mass is 16.8. The molecule has 0 spiro atoms. The Labute approximate surface area is 130 Å². The van der Waals surface area contributed by atoms with Gasteiger partial charge in [0.05, 0.1) is 0 Å². The molecule has 0 bridgehead atoms. The minimum Gasteiger partial charge on any atom is -0.349 e. The summed E-state index contributed by atoms with van der Waals surface area (Å²) in [6.45, 7) is 0.563. The van der Waals surface area contributed by atoms with Gasteiger partial charge in [-0.15, -0.1) is 0 Å². The van der Waals surface area contributed by atoms with E-state index >= 15 is 0 Å². The molecule has 22 heavy (non-hydrogen) atoms. The molecule has 1 aliphatic heterocycles. The van der Waals surface area contributed by atoms with Crippen LogP contribution in [0.25, 0.3) is 0 Å². The fourth-order valence-corrected chi connectivity index (χ4v) is 2.64. The molecule has 0 radical (unpaired) electrons. The molecule has 0 atom stereocenters. The molecule has 0 N–H and O–H groups in total. The first-order valence-electron chi connectivity index (χ1n) is 7.24. The van der Waals surface area contributed by atoms with Gasteiger partial charge in [-0.2, -0.15) is 0 Å². The molecular formula is C18H20O4. The van der Waals surface area contributed by atoms with Crippen molar-refractivity contribution < 1.29 is 18.9 Å². The Hall–Kier alpha value is -1.72. The quantitative estimate of drug-likeness (QED) is 0.814. The molecule has 2 aromatic rings. The third-order valence-corrected chi connectivity index (χ3v) is 4.04. The van der Waals surface area contributed by atoms with Gasteiger partial charge in [0, 0.05) is 25.3 Å². The van der Waals surface area contributed by atoms with Gasteiger partial charge in [-0.05, 0) is 0 Å². The zero-order valence-electron chi connectivity index (χ0n) is 12.8. The maximum atomic E-state index is 6.16. The van der Waals surface area contributed by atoms with Gasteiger partial charge in [0.1, 0.15) is 13.2 Å². The second-order valence-corrected chi connectivity index (χ2v) is 5.24. The van der Waals surface area contributed by atoms with E-state index in [-0.39, 0.29) is 13.2 Å². The highest BCUT2D eigenvalue weighted by molar-refractivity contribution is 5.34. The third-order valence-electron chi connectivity index (χ3n) is 4.04. The van der Waals surface area contributed by atoms with Crippen molar-refractivity contribution in [2.45, 2.75) is 11.6 Å². The summed E-state index contributed by atoms with van der Waals surface area (Å²) in [6, 6.07) is 19.8. The molecule has 3 rings (SSSR count). The van der Waals surface area contributed by atoms with E-state index in [1.54, 1.807) is 14.2 Å².